The van der Waals surface area contributed by atoms with Crippen molar-refractivity contribution in [2.24, 2.45) is 0 Å². The summed E-state index contributed by atoms with van der Waals surface area (Å²) in [5.74, 6) is -0.348. The van der Waals surface area contributed by atoms with Crippen molar-refractivity contribution in [3.8, 4) is 0 Å². The number of hydrogen-bond donors (Lipinski definition) is 0. The van der Waals surface area contributed by atoms with Gasteiger partial charge in [-0.2, -0.15) is 0 Å². The third kappa shape index (κ3) is 21.7. The zero-order chi connectivity index (χ0) is 25.8. The highest BCUT2D eigenvalue weighted by atomic mass is 16.6. The summed E-state index contributed by atoms with van der Waals surface area (Å²) < 4.78 is 43.3. The Labute approximate surface area is 216 Å². The molecule has 208 valence electrons. The van der Waals surface area contributed by atoms with Gasteiger partial charge in [0.2, 0.25) is 0 Å². The molecule has 0 heterocycles. The molecule has 0 spiro atoms. The molecule has 0 saturated heterocycles. The minimum Gasteiger partial charge on any atom is -0.460 e. The van der Waals surface area contributed by atoms with E-state index in [9.17, 15) is 4.79 Å². The topological polar surface area (TPSA) is 90.9 Å². The zero-order valence-corrected chi connectivity index (χ0v) is 22.0. The van der Waals surface area contributed by atoms with Crippen molar-refractivity contribution in [3.05, 3.63) is 35.9 Å². The van der Waals surface area contributed by atoms with E-state index in [1.807, 2.05) is 6.07 Å². The van der Waals surface area contributed by atoms with Crippen molar-refractivity contribution >= 4 is 5.97 Å². The van der Waals surface area contributed by atoms with E-state index < -0.39 is 0 Å². The van der Waals surface area contributed by atoms with Crippen LogP contribution in [0.25, 0.3) is 0 Å². The average Bonchev–Trinajstić information content (AvgIpc) is 2.91. The van der Waals surface area contributed by atoms with Gasteiger partial charge in [0.1, 0.15) is 6.61 Å². The van der Waals surface area contributed by atoms with Gasteiger partial charge in [-0.3, -0.25) is 0 Å². The summed E-state index contributed by atoms with van der Waals surface area (Å²) in [5.41, 5.74) is 0.533. The van der Waals surface area contributed by atoms with E-state index in [1.54, 1.807) is 24.3 Å². The molecular formula is C27H46O9. The maximum Gasteiger partial charge on any atom is 0.338 e. The highest BCUT2D eigenvalue weighted by Gasteiger charge is 2.05. The number of ether oxygens (including phenoxy) is 8. The van der Waals surface area contributed by atoms with Crippen LogP contribution in [0.1, 0.15) is 43.0 Å². The van der Waals surface area contributed by atoms with Crippen molar-refractivity contribution in [1.82, 2.24) is 0 Å². The lowest BCUT2D eigenvalue weighted by Crippen LogP contribution is -2.15. The average molecular weight is 515 g/mol. The monoisotopic (exact) mass is 514 g/mol. The molecule has 1 aromatic carbocycles. The minimum atomic E-state index is -0.348. The summed E-state index contributed by atoms with van der Waals surface area (Å²) in [6.45, 7) is 9.89. The standard InChI is InChI=1S/C27H46O9/c1-2-3-4-8-11-29-12-13-30-14-15-31-16-17-32-18-19-33-20-21-34-22-23-35-24-25-36-27(28)26-9-6-5-7-10-26/h5-7,9-10H,2-4,8,11-25H2,1H3. The second-order valence-electron chi connectivity index (χ2n) is 7.85. The Kier molecular flexibility index (Phi) is 23.9. The van der Waals surface area contributed by atoms with E-state index in [2.05, 4.69) is 6.92 Å². The smallest absolute Gasteiger partial charge is 0.338 e. The first-order chi connectivity index (χ1) is 17.8. The molecule has 36 heavy (non-hydrogen) atoms. The van der Waals surface area contributed by atoms with Crippen LogP contribution in [0.3, 0.4) is 0 Å². The second kappa shape index (κ2) is 26.5. The van der Waals surface area contributed by atoms with Gasteiger partial charge in [0.05, 0.1) is 91.5 Å². The lowest BCUT2D eigenvalue weighted by molar-refractivity contribution is -0.0223. The van der Waals surface area contributed by atoms with Gasteiger partial charge in [0, 0.05) is 6.61 Å². The van der Waals surface area contributed by atoms with Gasteiger partial charge in [-0.1, -0.05) is 44.4 Å². The maximum atomic E-state index is 11.7. The molecule has 0 N–H and O–H groups in total. The van der Waals surface area contributed by atoms with Crippen molar-refractivity contribution < 1.29 is 42.7 Å². The van der Waals surface area contributed by atoms with Gasteiger partial charge in [-0.15, -0.1) is 0 Å². The fraction of sp³-hybridized carbons (Fsp3) is 0.741. The molecule has 0 aromatic heterocycles. The molecule has 0 aliphatic heterocycles. The molecule has 0 fully saturated rings. The molecular weight excluding hydrogens is 468 g/mol. The Morgan fingerprint density at radius 2 is 0.889 bits per heavy atom. The molecule has 0 radical (unpaired) electrons. The molecule has 0 aliphatic rings. The lowest BCUT2D eigenvalue weighted by atomic mass is 10.2. The summed E-state index contributed by atoms with van der Waals surface area (Å²) >= 11 is 0. The molecule has 9 nitrogen and oxygen atoms in total. The Balaban J connectivity index is 1.67. The zero-order valence-electron chi connectivity index (χ0n) is 22.0. The van der Waals surface area contributed by atoms with Crippen molar-refractivity contribution in [1.29, 1.82) is 0 Å². The summed E-state index contributed by atoms with van der Waals surface area (Å²) in [7, 11) is 0. The first kappa shape index (κ1) is 32.4. The minimum absolute atomic E-state index is 0.213. The molecule has 0 aliphatic carbocycles. The Hall–Kier alpha value is -1.59. The van der Waals surface area contributed by atoms with E-state index >= 15 is 0 Å². The van der Waals surface area contributed by atoms with Crippen LogP contribution in [-0.2, 0) is 37.9 Å². The van der Waals surface area contributed by atoms with Crippen LogP contribution in [0.4, 0.5) is 0 Å². The molecule has 0 unspecified atom stereocenters. The number of carbonyl (C=O) groups is 1. The predicted octanol–water partition coefficient (Wildman–Crippen LogP) is 3.54. The van der Waals surface area contributed by atoms with Crippen molar-refractivity contribution in [2.45, 2.75) is 32.6 Å². The molecule has 1 rings (SSSR count). The second-order valence-corrected chi connectivity index (χ2v) is 7.85. The fourth-order valence-electron chi connectivity index (χ4n) is 2.90. The fourth-order valence-corrected chi connectivity index (χ4v) is 2.90. The number of rotatable bonds is 27. The highest BCUT2D eigenvalue weighted by molar-refractivity contribution is 5.89. The maximum absolute atomic E-state index is 11.7. The van der Waals surface area contributed by atoms with Gasteiger partial charge in [0.15, 0.2) is 0 Å². The predicted molar refractivity (Wildman–Crippen MR) is 137 cm³/mol. The molecule has 0 atom stereocenters. The Morgan fingerprint density at radius 1 is 0.500 bits per heavy atom. The Bertz CT molecular complexity index is 586. The van der Waals surface area contributed by atoms with E-state index in [1.165, 1.54) is 19.3 Å². The first-order valence-corrected chi connectivity index (χ1v) is 13.1. The van der Waals surface area contributed by atoms with Crippen LogP contribution in [0, 0.1) is 0 Å². The van der Waals surface area contributed by atoms with Crippen LogP contribution in [0.15, 0.2) is 30.3 Å². The number of hydrogen-bond acceptors (Lipinski definition) is 9. The normalized spacial score (nSPS) is 11.1. The summed E-state index contributed by atoms with van der Waals surface area (Å²) in [6, 6.07) is 8.87. The molecule has 9 heteroatoms. The van der Waals surface area contributed by atoms with Crippen molar-refractivity contribution in [3.63, 3.8) is 0 Å². The lowest BCUT2D eigenvalue weighted by Gasteiger charge is -2.09. The van der Waals surface area contributed by atoms with Crippen molar-refractivity contribution in [2.75, 3.05) is 99.1 Å². The van der Waals surface area contributed by atoms with Gasteiger partial charge in [0.25, 0.3) is 0 Å². The van der Waals surface area contributed by atoms with Crippen LogP contribution in [-0.4, -0.2) is 105 Å². The summed E-state index contributed by atoms with van der Waals surface area (Å²) in [5, 5.41) is 0. The number of unbranched alkanes of at least 4 members (excludes halogenated alkanes) is 3. The van der Waals surface area contributed by atoms with Gasteiger partial charge < -0.3 is 37.9 Å². The third-order valence-electron chi connectivity index (χ3n) is 4.84. The quantitative estimate of drug-likeness (QED) is 0.129. The number of benzene rings is 1. The SMILES string of the molecule is CCCCCCOCCOCCOCCOCCOCCOCCOCCOC(=O)c1ccccc1. The number of carbonyl (C=O) groups excluding carboxylic acids is 1. The van der Waals surface area contributed by atoms with Crippen LogP contribution >= 0.6 is 0 Å². The summed E-state index contributed by atoms with van der Waals surface area (Å²) in [6.07, 6.45) is 4.89. The molecule has 0 saturated carbocycles. The van der Waals surface area contributed by atoms with E-state index in [4.69, 9.17) is 37.9 Å². The highest BCUT2D eigenvalue weighted by Crippen LogP contribution is 2.01. The first-order valence-electron chi connectivity index (χ1n) is 13.1. The molecule has 1 aromatic rings. The van der Waals surface area contributed by atoms with Gasteiger partial charge >= 0.3 is 5.97 Å². The van der Waals surface area contributed by atoms with Crippen LogP contribution in [0.2, 0.25) is 0 Å². The van der Waals surface area contributed by atoms with Gasteiger partial charge in [-0.25, -0.2) is 4.79 Å². The molecule has 0 amide bonds. The largest absolute Gasteiger partial charge is 0.460 e. The van der Waals surface area contributed by atoms with E-state index in [0.29, 0.717) is 91.5 Å². The van der Waals surface area contributed by atoms with Crippen LogP contribution in [0.5, 0.6) is 0 Å². The van der Waals surface area contributed by atoms with E-state index in [-0.39, 0.29) is 12.6 Å². The Morgan fingerprint density at radius 3 is 1.31 bits per heavy atom. The summed E-state index contributed by atoms with van der Waals surface area (Å²) in [4.78, 5) is 11.7. The van der Waals surface area contributed by atoms with E-state index in [0.717, 1.165) is 13.0 Å². The number of esters is 1. The third-order valence-corrected chi connectivity index (χ3v) is 4.84. The van der Waals surface area contributed by atoms with Gasteiger partial charge in [-0.05, 0) is 18.6 Å². The van der Waals surface area contributed by atoms with Crippen LogP contribution < -0.4 is 0 Å². The molecule has 0 bridgehead atoms.